The standard InChI is InChI=1S/C25H30N4OS/c1-2-31-24-8-4-3-7-23(24)28-25(30)27-18-9-10-22-20(15-18)21(16-26-22)17-11-13-29-12-5-6-19(29)14-17/h3-4,7-10,15-17,19,26H,2,5-6,11-14H2,1H3,(H2,27,28,30). The lowest BCUT2D eigenvalue weighted by molar-refractivity contribution is 0.181. The van der Waals surface area contributed by atoms with Crippen LogP contribution in [-0.2, 0) is 0 Å². The van der Waals surface area contributed by atoms with E-state index in [0.29, 0.717) is 5.92 Å². The van der Waals surface area contributed by atoms with Crippen LogP contribution in [0.4, 0.5) is 16.2 Å². The number of amides is 2. The van der Waals surface area contributed by atoms with Gasteiger partial charge in [0.1, 0.15) is 0 Å². The number of aromatic amines is 1. The van der Waals surface area contributed by atoms with Crippen molar-refractivity contribution < 1.29 is 4.79 Å². The number of piperidine rings is 1. The first kappa shape index (κ1) is 20.5. The minimum Gasteiger partial charge on any atom is -0.361 e. The fourth-order valence-corrected chi connectivity index (χ4v) is 5.96. The van der Waals surface area contributed by atoms with Crippen LogP contribution in [0.15, 0.2) is 53.6 Å². The molecule has 0 saturated carbocycles. The van der Waals surface area contributed by atoms with E-state index in [1.54, 1.807) is 11.8 Å². The first-order chi connectivity index (χ1) is 15.2. The molecule has 0 spiro atoms. The average Bonchev–Trinajstić information content (AvgIpc) is 3.41. The van der Waals surface area contributed by atoms with Gasteiger partial charge in [-0.25, -0.2) is 4.79 Å². The smallest absolute Gasteiger partial charge is 0.323 e. The molecule has 2 atom stereocenters. The Bertz CT molecular complexity index is 1080. The van der Waals surface area contributed by atoms with E-state index in [1.165, 1.54) is 49.7 Å². The molecule has 2 aromatic carbocycles. The molecule has 2 aliphatic heterocycles. The molecule has 2 saturated heterocycles. The van der Waals surface area contributed by atoms with E-state index < -0.39 is 0 Å². The Morgan fingerprint density at radius 2 is 2.06 bits per heavy atom. The number of anilines is 2. The molecule has 0 aliphatic carbocycles. The maximum Gasteiger partial charge on any atom is 0.323 e. The molecule has 2 amide bonds. The minimum absolute atomic E-state index is 0.208. The van der Waals surface area contributed by atoms with Crippen molar-refractivity contribution in [1.29, 1.82) is 0 Å². The zero-order chi connectivity index (χ0) is 21.2. The number of nitrogens with one attached hydrogen (secondary N) is 3. The molecule has 3 aromatic rings. The SMILES string of the molecule is CCSc1ccccc1NC(=O)Nc1ccc2[nH]cc(C3CCN4CCCC4C3)c2c1. The van der Waals surface area contributed by atoms with Crippen molar-refractivity contribution in [2.75, 3.05) is 29.5 Å². The van der Waals surface area contributed by atoms with Crippen LogP contribution in [0.5, 0.6) is 0 Å². The number of urea groups is 1. The predicted molar refractivity (Wildman–Crippen MR) is 130 cm³/mol. The highest BCUT2D eigenvalue weighted by Crippen LogP contribution is 2.39. The Hall–Kier alpha value is -2.44. The second-order valence-corrected chi connectivity index (χ2v) is 9.87. The topological polar surface area (TPSA) is 60.2 Å². The third-order valence-electron chi connectivity index (χ3n) is 6.67. The Labute approximate surface area is 188 Å². The molecule has 162 valence electrons. The lowest BCUT2D eigenvalue weighted by atomic mass is 9.85. The van der Waals surface area contributed by atoms with E-state index in [9.17, 15) is 4.79 Å². The fraction of sp³-hybridized carbons (Fsp3) is 0.400. The van der Waals surface area contributed by atoms with Crippen LogP contribution in [0, 0.1) is 0 Å². The Morgan fingerprint density at radius 1 is 1.16 bits per heavy atom. The Morgan fingerprint density at radius 3 is 2.97 bits per heavy atom. The molecule has 0 radical (unpaired) electrons. The van der Waals surface area contributed by atoms with E-state index >= 15 is 0 Å². The van der Waals surface area contributed by atoms with Gasteiger partial charge >= 0.3 is 6.03 Å². The van der Waals surface area contributed by atoms with Crippen molar-refractivity contribution >= 4 is 40.1 Å². The van der Waals surface area contributed by atoms with E-state index in [-0.39, 0.29) is 6.03 Å². The third kappa shape index (κ3) is 4.32. The highest BCUT2D eigenvalue weighted by Gasteiger charge is 2.33. The molecule has 5 nitrogen and oxygen atoms in total. The van der Waals surface area contributed by atoms with Gasteiger partial charge in [-0.05, 0) is 86.3 Å². The molecular weight excluding hydrogens is 404 g/mol. The van der Waals surface area contributed by atoms with Gasteiger partial charge in [0, 0.05) is 33.7 Å². The quantitative estimate of drug-likeness (QED) is 0.415. The number of hydrogen-bond donors (Lipinski definition) is 3. The third-order valence-corrected chi connectivity index (χ3v) is 7.62. The maximum atomic E-state index is 12.7. The molecule has 0 bridgehead atoms. The maximum absolute atomic E-state index is 12.7. The van der Waals surface area contributed by atoms with Gasteiger partial charge in [-0.3, -0.25) is 0 Å². The lowest BCUT2D eigenvalue weighted by Crippen LogP contribution is -2.37. The van der Waals surface area contributed by atoms with Crippen molar-refractivity contribution in [1.82, 2.24) is 9.88 Å². The number of carbonyl (C=O) groups is 1. The number of rotatable bonds is 5. The van der Waals surface area contributed by atoms with Crippen LogP contribution in [0.2, 0.25) is 0 Å². The van der Waals surface area contributed by atoms with E-state index in [0.717, 1.165) is 33.6 Å². The number of thioether (sulfide) groups is 1. The molecule has 5 rings (SSSR count). The molecule has 6 heteroatoms. The molecular formula is C25H30N4OS. The summed E-state index contributed by atoms with van der Waals surface area (Å²) in [5, 5.41) is 7.26. The van der Waals surface area contributed by atoms with Crippen LogP contribution in [0.1, 0.15) is 44.1 Å². The van der Waals surface area contributed by atoms with Gasteiger partial charge in [-0.15, -0.1) is 11.8 Å². The average molecular weight is 435 g/mol. The summed E-state index contributed by atoms with van der Waals surface area (Å²) in [5.41, 5.74) is 4.21. The van der Waals surface area contributed by atoms with Crippen LogP contribution >= 0.6 is 11.8 Å². The number of benzene rings is 2. The first-order valence-corrected chi connectivity index (χ1v) is 12.3. The number of hydrogen-bond acceptors (Lipinski definition) is 3. The second-order valence-electron chi connectivity index (χ2n) is 8.57. The van der Waals surface area contributed by atoms with Gasteiger partial charge in [0.2, 0.25) is 0 Å². The zero-order valence-electron chi connectivity index (χ0n) is 18.0. The number of fused-ring (bicyclic) bond motifs is 2. The highest BCUT2D eigenvalue weighted by molar-refractivity contribution is 7.99. The van der Waals surface area contributed by atoms with E-state index in [2.05, 4.69) is 45.8 Å². The van der Waals surface area contributed by atoms with Crippen LogP contribution < -0.4 is 10.6 Å². The van der Waals surface area contributed by atoms with Crippen molar-refractivity contribution in [2.24, 2.45) is 0 Å². The lowest BCUT2D eigenvalue weighted by Gasteiger charge is -2.34. The first-order valence-electron chi connectivity index (χ1n) is 11.4. The minimum atomic E-state index is -0.208. The van der Waals surface area contributed by atoms with Gasteiger partial charge in [0.05, 0.1) is 5.69 Å². The largest absolute Gasteiger partial charge is 0.361 e. The summed E-state index contributed by atoms with van der Waals surface area (Å²) in [6.07, 6.45) is 7.32. The van der Waals surface area contributed by atoms with Crippen LogP contribution in [0.3, 0.4) is 0 Å². The van der Waals surface area contributed by atoms with Gasteiger partial charge < -0.3 is 20.5 Å². The molecule has 2 aliphatic rings. The molecule has 2 fully saturated rings. The summed E-state index contributed by atoms with van der Waals surface area (Å²) in [6, 6.07) is 14.6. The summed E-state index contributed by atoms with van der Waals surface area (Å²) in [6.45, 7) is 4.59. The Kier molecular flexibility index (Phi) is 5.92. The summed E-state index contributed by atoms with van der Waals surface area (Å²) in [7, 11) is 0. The molecule has 2 unspecified atom stereocenters. The van der Waals surface area contributed by atoms with Gasteiger partial charge in [-0.1, -0.05) is 19.1 Å². The van der Waals surface area contributed by atoms with E-state index in [1.807, 2.05) is 30.3 Å². The van der Waals surface area contributed by atoms with Crippen molar-refractivity contribution in [3.05, 3.63) is 54.2 Å². The van der Waals surface area contributed by atoms with Crippen LogP contribution in [-0.4, -0.2) is 40.8 Å². The Balaban J connectivity index is 1.32. The van der Waals surface area contributed by atoms with Crippen molar-refractivity contribution in [2.45, 2.75) is 49.5 Å². The summed E-state index contributed by atoms with van der Waals surface area (Å²) < 4.78 is 0. The van der Waals surface area contributed by atoms with Crippen LogP contribution in [0.25, 0.3) is 10.9 Å². The molecule has 1 aromatic heterocycles. The zero-order valence-corrected chi connectivity index (χ0v) is 18.8. The summed E-state index contributed by atoms with van der Waals surface area (Å²) >= 11 is 1.73. The van der Waals surface area contributed by atoms with Crippen molar-refractivity contribution in [3.63, 3.8) is 0 Å². The van der Waals surface area contributed by atoms with Crippen molar-refractivity contribution in [3.8, 4) is 0 Å². The normalized spacial score (nSPS) is 21.2. The van der Waals surface area contributed by atoms with Gasteiger partial charge in [0.25, 0.3) is 0 Å². The van der Waals surface area contributed by atoms with Gasteiger partial charge in [-0.2, -0.15) is 0 Å². The number of aromatic nitrogens is 1. The molecule has 3 N–H and O–H groups in total. The number of carbonyl (C=O) groups excluding carboxylic acids is 1. The predicted octanol–water partition coefficient (Wildman–Crippen LogP) is 6.27. The number of nitrogens with zero attached hydrogens (tertiary/aromatic N) is 1. The highest BCUT2D eigenvalue weighted by atomic mass is 32.2. The van der Waals surface area contributed by atoms with Gasteiger partial charge in [0.15, 0.2) is 0 Å². The molecule has 3 heterocycles. The second kappa shape index (κ2) is 8.97. The monoisotopic (exact) mass is 434 g/mol. The molecule has 31 heavy (non-hydrogen) atoms. The fourth-order valence-electron chi connectivity index (χ4n) is 5.20. The number of para-hydroxylation sites is 1. The number of H-pyrrole nitrogens is 1. The van der Waals surface area contributed by atoms with E-state index in [4.69, 9.17) is 0 Å². The summed E-state index contributed by atoms with van der Waals surface area (Å²) in [4.78, 5) is 19.9. The summed E-state index contributed by atoms with van der Waals surface area (Å²) in [5.74, 6) is 1.56.